The van der Waals surface area contributed by atoms with Crippen LogP contribution in [-0.2, 0) is 23.3 Å². The molecule has 0 aliphatic rings. The standard InChI is InChI=1S/C19H27N3O2/c1-14(18(23)24)21(5)12-16-13-22(20-17(16)19(2,3)4)11-15-9-7-6-8-10-15/h6-10,13-14H,11-12H2,1-5H3,(H,23,24). The van der Waals surface area contributed by atoms with Crippen LogP contribution in [0.15, 0.2) is 36.5 Å². The van der Waals surface area contributed by atoms with E-state index in [4.69, 9.17) is 5.10 Å². The molecule has 2 rings (SSSR count). The average Bonchev–Trinajstić information content (AvgIpc) is 2.90. The number of carbonyl (C=O) groups is 1. The molecule has 5 nitrogen and oxygen atoms in total. The van der Waals surface area contributed by atoms with Crippen LogP contribution in [0.25, 0.3) is 0 Å². The fourth-order valence-corrected chi connectivity index (χ4v) is 2.66. The Hall–Kier alpha value is -2.14. The highest BCUT2D eigenvalue weighted by Gasteiger charge is 2.25. The molecule has 0 saturated heterocycles. The van der Waals surface area contributed by atoms with Crippen LogP contribution in [0.1, 0.15) is 44.5 Å². The van der Waals surface area contributed by atoms with Crippen LogP contribution in [0, 0.1) is 0 Å². The summed E-state index contributed by atoms with van der Waals surface area (Å²) in [5, 5.41) is 14.0. The molecule has 1 aromatic heterocycles. The van der Waals surface area contributed by atoms with Crippen LogP contribution in [-0.4, -0.2) is 38.8 Å². The van der Waals surface area contributed by atoms with Crippen LogP contribution in [0.2, 0.25) is 0 Å². The van der Waals surface area contributed by atoms with E-state index in [-0.39, 0.29) is 5.41 Å². The number of likely N-dealkylation sites (N-methyl/N-ethyl adjacent to an activating group) is 1. The first-order valence-corrected chi connectivity index (χ1v) is 8.22. The molecular formula is C19H27N3O2. The Morgan fingerprint density at radius 1 is 1.29 bits per heavy atom. The van der Waals surface area contributed by atoms with Gasteiger partial charge in [0.15, 0.2) is 0 Å². The minimum atomic E-state index is -0.813. The predicted octanol–water partition coefficient (Wildman–Crippen LogP) is 3.13. The molecule has 1 aromatic carbocycles. The Labute approximate surface area is 143 Å². The second kappa shape index (κ2) is 7.18. The lowest BCUT2D eigenvalue weighted by Gasteiger charge is -2.23. The summed E-state index contributed by atoms with van der Waals surface area (Å²) in [6, 6.07) is 9.67. The minimum absolute atomic E-state index is 0.0927. The zero-order valence-corrected chi connectivity index (χ0v) is 15.2. The number of nitrogens with zero attached hydrogens (tertiary/aromatic N) is 3. The van der Waals surface area contributed by atoms with Gasteiger partial charge < -0.3 is 5.11 Å². The van der Waals surface area contributed by atoms with Crippen LogP contribution in [0.5, 0.6) is 0 Å². The molecule has 0 amide bonds. The van der Waals surface area contributed by atoms with Gasteiger partial charge in [-0.2, -0.15) is 5.10 Å². The van der Waals surface area contributed by atoms with Crippen LogP contribution in [0.4, 0.5) is 0 Å². The monoisotopic (exact) mass is 329 g/mol. The summed E-state index contributed by atoms with van der Waals surface area (Å²) in [7, 11) is 1.83. The van der Waals surface area contributed by atoms with Gasteiger partial charge in [0.05, 0.1) is 12.2 Å². The van der Waals surface area contributed by atoms with E-state index in [0.29, 0.717) is 13.1 Å². The molecule has 0 spiro atoms. The molecule has 0 bridgehead atoms. The van der Waals surface area contributed by atoms with Gasteiger partial charge in [-0.1, -0.05) is 51.1 Å². The quantitative estimate of drug-likeness (QED) is 0.884. The number of rotatable bonds is 6. The maximum Gasteiger partial charge on any atom is 0.320 e. The Morgan fingerprint density at radius 2 is 1.92 bits per heavy atom. The topological polar surface area (TPSA) is 58.4 Å². The van der Waals surface area contributed by atoms with Crippen molar-refractivity contribution in [1.82, 2.24) is 14.7 Å². The SMILES string of the molecule is CC(C(=O)O)N(C)Cc1cn(Cc2ccccc2)nc1C(C)(C)C. The molecule has 1 unspecified atom stereocenters. The number of hydrogen-bond donors (Lipinski definition) is 1. The molecule has 0 fully saturated rings. The number of carboxylic acid groups (broad SMARTS) is 1. The first-order valence-electron chi connectivity index (χ1n) is 8.22. The first-order chi connectivity index (χ1) is 11.2. The Balaban J connectivity index is 2.27. The zero-order chi connectivity index (χ0) is 17.9. The van der Waals surface area contributed by atoms with Gasteiger partial charge in [0.2, 0.25) is 0 Å². The summed E-state index contributed by atoms with van der Waals surface area (Å²) < 4.78 is 1.95. The van der Waals surface area contributed by atoms with E-state index in [1.807, 2.05) is 41.0 Å². The van der Waals surface area contributed by atoms with Crippen molar-refractivity contribution in [2.24, 2.45) is 0 Å². The smallest absolute Gasteiger partial charge is 0.320 e. The number of aromatic nitrogens is 2. The molecule has 24 heavy (non-hydrogen) atoms. The summed E-state index contributed by atoms with van der Waals surface area (Å²) in [5.41, 5.74) is 3.20. The molecular weight excluding hydrogens is 302 g/mol. The van der Waals surface area contributed by atoms with Crippen molar-refractivity contribution in [3.05, 3.63) is 53.3 Å². The third-order valence-electron chi connectivity index (χ3n) is 4.17. The third kappa shape index (κ3) is 4.45. The lowest BCUT2D eigenvalue weighted by Crippen LogP contribution is -2.35. The van der Waals surface area contributed by atoms with E-state index < -0.39 is 12.0 Å². The maximum atomic E-state index is 11.2. The van der Waals surface area contributed by atoms with E-state index >= 15 is 0 Å². The predicted molar refractivity (Wildman–Crippen MR) is 95.0 cm³/mol. The zero-order valence-electron chi connectivity index (χ0n) is 15.2. The van der Waals surface area contributed by atoms with Crippen LogP contribution >= 0.6 is 0 Å². The van der Waals surface area contributed by atoms with Gasteiger partial charge in [0.1, 0.15) is 6.04 Å². The van der Waals surface area contributed by atoms with Crippen molar-refractivity contribution in [3.8, 4) is 0 Å². The van der Waals surface area contributed by atoms with Crippen molar-refractivity contribution >= 4 is 5.97 Å². The molecule has 1 atom stereocenters. The lowest BCUT2D eigenvalue weighted by molar-refractivity contribution is -0.142. The fourth-order valence-electron chi connectivity index (χ4n) is 2.66. The van der Waals surface area contributed by atoms with E-state index in [0.717, 1.165) is 11.3 Å². The fraction of sp³-hybridized carbons (Fsp3) is 0.474. The number of benzene rings is 1. The largest absolute Gasteiger partial charge is 0.480 e. The van der Waals surface area contributed by atoms with Crippen LogP contribution in [0.3, 0.4) is 0 Å². The molecule has 0 radical (unpaired) electrons. The van der Waals surface area contributed by atoms with Gasteiger partial charge in [-0.15, -0.1) is 0 Å². The van der Waals surface area contributed by atoms with Gasteiger partial charge >= 0.3 is 5.97 Å². The van der Waals surface area contributed by atoms with E-state index in [9.17, 15) is 9.90 Å². The number of hydrogen-bond acceptors (Lipinski definition) is 3. The highest BCUT2D eigenvalue weighted by molar-refractivity contribution is 5.72. The molecule has 130 valence electrons. The second-order valence-electron chi connectivity index (χ2n) is 7.37. The number of aliphatic carboxylic acids is 1. The first kappa shape index (κ1) is 18.2. The summed E-state index contributed by atoms with van der Waals surface area (Å²) in [5.74, 6) is -0.813. The molecule has 0 aliphatic carbocycles. The van der Waals surface area contributed by atoms with Gasteiger partial charge in [0.25, 0.3) is 0 Å². The molecule has 0 saturated carbocycles. The molecule has 0 aliphatic heterocycles. The third-order valence-corrected chi connectivity index (χ3v) is 4.17. The number of carboxylic acids is 1. The average molecular weight is 329 g/mol. The van der Waals surface area contributed by atoms with Crippen molar-refractivity contribution in [2.45, 2.75) is 52.2 Å². The minimum Gasteiger partial charge on any atom is -0.480 e. The Kier molecular flexibility index (Phi) is 5.44. The summed E-state index contributed by atoms with van der Waals surface area (Å²) in [6.07, 6.45) is 2.04. The molecule has 1 N–H and O–H groups in total. The van der Waals surface area contributed by atoms with Gasteiger partial charge in [-0.25, -0.2) is 0 Å². The van der Waals surface area contributed by atoms with Gasteiger partial charge in [-0.05, 0) is 19.5 Å². The Morgan fingerprint density at radius 3 is 2.46 bits per heavy atom. The Bertz CT molecular complexity index is 686. The highest BCUT2D eigenvalue weighted by Crippen LogP contribution is 2.26. The van der Waals surface area contributed by atoms with Crippen molar-refractivity contribution in [1.29, 1.82) is 0 Å². The van der Waals surface area contributed by atoms with Crippen molar-refractivity contribution < 1.29 is 9.90 Å². The normalized spacial score (nSPS) is 13.2. The second-order valence-corrected chi connectivity index (χ2v) is 7.37. The molecule has 5 heteroatoms. The van der Waals surface area contributed by atoms with E-state index in [1.165, 1.54) is 5.56 Å². The molecule has 1 heterocycles. The van der Waals surface area contributed by atoms with Crippen LogP contribution < -0.4 is 0 Å². The van der Waals surface area contributed by atoms with Crippen molar-refractivity contribution in [3.63, 3.8) is 0 Å². The lowest BCUT2D eigenvalue weighted by atomic mass is 9.89. The highest BCUT2D eigenvalue weighted by atomic mass is 16.4. The van der Waals surface area contributed by atoms with E-state index in [1.54, 1.807) is 6.92 Å². The molecule has 2 aromatic rings. The van der Waals surface area contributed by atoms with Crippen molar-refractivity contribution in [2.75, 3.05) is 7.05 Å². The van der Waals surface area contributed by atoms with Gasteiger partial charge in [-0.3, -0.25) is 14.4 Å². The maximum absolute atomic E-state index is 11.2. The summed E-state index contributed by atoms with van der Waals surface area (Å²) >= 11 is 0. The summed E-state index contributed by atoms with van der Waals surface area (Å²) in [6.45, 7) is 9.37. The van der Waals surface area contributed by atoms with E-state index in [2.05, 4.69) is 32.9 Å². The summed E-state index contributed by atoms with van der Waals surface area (Å²) in [4.78, 5) is 13.0. The van der Waals surface area contributed by atoms with Gasteiger partial charge in [0, 0.05) is 23.7 Å².